The van der Waals surface area contributed by atoms with Crippen molar-refractivity contribution >= 4 is 17.3 Å². The van der Waals surface area contributed by atoms with Crippen LogP contribution in [0.15, 0.2) is 0 Å². The van der Waals surface area contributed by atoms with E-state index in [0.717, 1.165) is 4.88 Å². The van der Waals surface area contributed by atoms with E-state index >= 15 is 0 Å². The fraction of sp³-hybridized carbons (Fsp3) is 0.375. The van der Waals surface area contributed by atoms with E-state index in [9.17, 15) is 4.79 Å². The minimum Gasteiger partial charge on any atom is -0.464 e. The van der Waals surface area contributed by atoms with Crippen LogP contribution in [0.4, 0.5) is 0 Å². The minimum absolute atomic E-state index is 0.239. The Bertz CT molecular complexity index is 365. The molecule has 0 bridgehead atoms. The van der Waals surface area contributed by atoms with Gasteiger partial charge in [0.2, 0.25) is 0 Å². The van der Waals surface area contributed by atoms with E-state index in [4.69, 9.17) is 5.26 Å². The summed E-state index contributed by atoms with van der Waals surface area (Å²) in [6.45, 7) is 1.78. The molecule has 0 saturated carbocycles. The summed E-state index contributed by atoms with van der Waals surface area (Å²) in [6, 6.07) is 1.98. The van der Waals surface area contributed by atoms with Gasteiger partial charge in [-0.25, -0.2) is 9.78 Å². The number of rotatable bonds is 2. The van der Waals surface area contributed by atoms with Gasteiger partial charge in [-0.2, -0.15) is 5.26 Å². The lowest BCUT2D eigenvalue weighted by atomic mass is 10.4. The van der Waals surface area contributed by atoms with E-state index in [2.05, 4.69) is 9.72 Å². The van der Waals surface area contributed by atoms with E-state index in [1.54, 1.807) is 6.92 Å². The fourth-order valence-electron chi connectivity index (χ4n) is 0.881. The monoisotopic (exact) mass is 196 g/mol. The van der Waals surface area contributed by atoms with Crippen LogP contribution in [0.3, 0.4) is 0 Å². The van der Waals surface area contributed by atoms with Crippen LogP contribution in [0.5, 0.6) is 0 Å². The molecule has 0 radical (unpaired) electrons. The van der Waals surface area contributed by atoms with Crippen molar-refractivity contribution in [3.8, 4) is 6.07 Å². The molecular weight excluding hydrogens is 188 g/mol. The average Bonchev–Trinajstić information content (AvgIpc) is 2.46. The SMILES string of the molecule is COC(=O)c1nc(CC#N)sc1C. The molecule has 4 nitrogen and oxygen atoms in total. The van der Waals surface area contributed by atoms with Crippen LogP contribution in [-0.2, 0) is 11.2 Å². The molecule has 1 rings (SSSR count). The molecule has 0 N–H and O–H groups in total. The van der Waals surface area contributed by atoms with Crippen molar-refractivity contribution < 1.29 is 9.53 Å². The van der Waals surface area contributed by atoms with Gasteiger partial charge in [0, 0.05) is 4.88 Å². The molecule has 0 unspecified atom stereocenters. The third kappa shape index (κ3) is 2.04. The first-order valence-corrected chi connectivity index (χ1v) is 4.42. The van der Waals surface area contributed by atoms with Gasteiger partial charge >= 0.3 is 5.97 Å². The molecule has 68 valence electrons. The van der Waals surface area contributed by atoms with Crippen LogP contribution in [-0.4, -0.2) is 18.1 Å². The van der Waals surface area contributed by atoms with Gasteiger partial charge in [0.05, 0.1) is 19.6 Å². The Morgan fingerprint density at radius 3 is 3.00 bits per heavy atom. The molecule has 0 atom stereocenters. The van der Waals surface area contributed by atoms with Crippen molar-refractivity contribution in [2.75, 3.05) is 7.11 Å². The molecule has 0 spiro atoms. The fourth-order valence-corrected chi connectivity index (χ4v) is 1.73. The van der Waals surface area contributed by atoms with E-state index in [1.807, 2.05) is 6.07 Å². The van der Waals surface area contributed by atoms with E-state index in [0.29, 0.717) is 10.7 Å². The molecule has 5 heteroatoms. The number of nitrogens with zero attached hydrogens (tertiary/aromatic N) is 2. The second kappa shape index (κ2) is 4.01. The Kier molecular flexibility index (Phi) is 2.98. The third-order valence-corrected chi connectivity index (χ3v) is 2.42. The second-order valence-corrected chi connectivity index (χ2v) is 3.63. The number of carbonyl (C=O) groups is 1. The van der Waals surface area contributed by atoms with Crippen LogP contribution < -0.4 is 0 Å². The quantitative estimate of drug-likeness (QED) is 0.669. The summed E-state index contributed by atoms with van der Waals surface area (Å²) in [7, 11) is 1.31. The molecule has 0 aliphatic carbocycles. The van der Waals surface area contributed by atoms with Crippen molar-refractivity contribution in [1.82, 2.24) is 4.98 Å². The lowest BCUT2D eigenvalue weighted by Gasteiger charge is -1.93. The maximum atomic E-state index is 11.1. The summed E-state index contributed by atoms with van der Waals surface area (Å²) in [5.41, 5.74) is 0.317. The summed E-state index contributed by atoms with van der Waals surface area (Å²) in [5.74, 6) is -0.446. The second-order valence-electron chi connectivity index (χ2n) is 2.34. The number of ether oxygens (including phenoxy) is 1. The highest BCUT2D eigenvalue weighted by Crippen LogP contribution is 2.18. The Morgan fingerprint density at radius 2 is 2.46 bits per heavy atom. The molecule has 0 fully saturated rings. The number of thiazole rings is 1. The third-order valence-electron chi connectivity index (χ3n) is 1.45. The number of aromatic nitrogens is 1. The summed E-state index contributed by atoms with van der Waals surface area (Å²) >= 11 is 1.35. The van der Waals surface area contributed by atoms with Crippen LogP contribution in [0, 0.1) is 18.3 Å². The number of hydrogen-bond acceptors (Lipinski definition) is 5. The van der Waals surface area contributed by atoms with E-state index < -0.39 is 5.97 Å². The molecule has 0 aliphatic heterocycles. The first kappa shape index (κ1) is 9.68. The zero-order valence-electron chi connectivity index (χ0n) is 7.33. The molecule has 1 heterocycles. The molecule has 0 aromatic carbocycles. The number of hydrogen-bond donors (Lipinski definition) is 0. The van der Waals surface area contributed by atoms with Crippen LogP contribution in [0.2, 0.25) is 0 Å². The average molecular weight is 196 g/mol. The molecule has 0 aliphatic rings. The van der Waals surface area contributed by atoms with E-state index in [-0.39, 0.29) is 6.42 Å². The summed E-state index contributed by atoms with van der Waals surface area (Å²) < 4.78 is 4.53. The molecular formula is C8H8N2O2S. The zero-order valence-corrected chi connectivity index (χ0v) is 8.14. The number of esters is 1. The van der Waals surface area contributed by atoms with Gasteiger partial charge in [-0.1, -0.05) is 0 Å². The largest absolute Gasteiger partial charge is 0.464 e. The number of methoxy groups -OCH3 is 1. The predicted molar refractivity (Wildman–Crippen MR) is 47.5 cm³/mol. The number of carbonyl (C=O) groups excluding carboxylic acids is 1. The highest BCUT2D eigenvalue weighted by molar-refractivity contribution is 7.11. The summed E-state index contributed by atoms with van der Waals surface area (Å²) in [5, 5.41) is 9.07. The van der Waals surface area contributed by atoms with Crippen molar-refractivity contribution in [3.63, 3.8) is 0 Å². The van der Waals surface area contributed by atoms with Crippen molar-refractivity contribution in [1.29, 1.82) is 5.26 Å². The Labute approximate surface area is 79.8 Å². The van der Waals surface area contributed by atoms with Gasteiger partial charge in [-0.05, 0) is 6.92 Å². The Balaban J connectivity index is 2.97. The van der Waals surface area contributed by atoms with Gasteiger partial charge in [-0.15, -0.1) is 11.3 Å². The lowest BCUT2D eigenvalue weighted by molar-refractivity contribution is 0.0594. The molecule has 1 aromatic rings. The minimum atomic E-state index is -0.446. The molecule has 0 amide bonds. The van der Waals surface area contributed by atoms with E-state index in [1.165, 1.54) is 18.4 Å². The van der Waals surface area contributed by atoms with Crippen LogP contribution >= 0.6 is 11.3 Å². The smallest absolute Gasteiger partial charge is 0.357 e. The highest BCUT2D eigenvalue weighted by Gasteiger charge is 2.14. The van der Waals surface area contributed by atoms with Gasteiger partial charge in [0.15, 0.2) is 5.69 Å². The predicted octanol–water partition coefficient (Wildman–Crippen LogP) is 1.30. The molecule has 1 aromatic heterocycles. The summed E-state index contributed by atoms with van der Waals surface area (Å²) in [6.07, 6.45) is 0.239. The van der Waals surface area contributed by atoms with Gasteiger partial charge in [0.1, 0.15) is 5.01 Å². The maximum absolute atomic E-state index is 11.1. The first-order valence-electron chi connectivity index (χ1n) is 3.60. The summed E-state index contributed by atoms with van der Waals surface area (Å²) in [4.78, 5) is 15.9. The number of aryl methyl sites for hydroxylation is 1. The first-order chi connectivity index (χ1) is 6.19. The standard InChI is InChI=1S/C8H8N2O2S/c1-5-7(8(11)12-2)10-6(13-5)3-4-9/h3H2,1-2H3. The van der Waals surface area contributed by atoms with Gasteiger partial charge in [0.25, 0.3) is 0 Å². The van der Waals surface area contributed by atoms with Crippen LogP contribution in [0.1, 0.15) is 20.4 Å². The topological polar surface area (TPSA) is 63.0 Å². The highest BCUT2D eigenvalue weighted by atomic mass is 32.1. The van der Waals surface area contributed by atoms with Gasteiger partial charge in [-0.3, -0.25) is 0 Å². The molecule has 13 heavy (non-hydrogen) atoms. The Morgan fingerprint density at radius 1 is 1.77 bits per heavy atom. The van der Waals surface area contributed by atoms with Crippen molar-refractivity contribution in [3.05, 3.63) is 15.6 Å². The maximum Gasteiger partial charge on any atom is 0.357 e. The normalized spacial score (nSPS) is 9.31. The van der Waals surface area contributed by atoms with Crippen LogP contribution in [0.25, 0.3) is 0 Å². The molecule has 0 saturated heterocycles. The lowest BCUT2D eigenvalue weighted by Crippen LogP contribution is -2.03. The van der Waals surface area contributed by atoms with Gasteiger partial charge < -0.3 is 4.74 Å². The van der Waals surface area contributed by atoms with Crippen molar-refractivity contribution in [2.24, 2.45) is 0 Å². The zero-order chi connectivity index (χ0) is 9.84. The number of nitriles is 1. The Hall–Kier alpha value is -1.41. The van der Waals surface area contributed by atoms with Crippen molar-refractivity contribution in [2.45, 2.75) is 13.3 Å².